The predicted molar refractivity (Wildman–Crippen MR) is 103 cm³/mol. The van der Waals surface area contributed by atoms with Gasteiger partial charge in [-0.1, -0.05) is 52.6 Å². The Balaban J connectivity index is 1.82. The van der Waals surface area contributed by atoms with E-state index in [0.717, 1.165) is 17.5 Å². The fraction of sp³-hybridized carbons (Fsp3) is 0.200. The van der Waals surface area contributed by atoms with Crippen LogP contribution in [-0.4, -0.2) is 17.1 Å². The number of hydrogen-bond donors (Lipinski definition) is 1. The lowest BCUT2D eigenvalue weighted by Crippen LogP contribution is -2.37. The molecule has 4 nitrogen and oxygen atoms in total. The highest BCUT2D eigenvalue weighted by atomic mass is 35.5. The minimum atomic E-state index is -0.287. The smallest absolute Gasteiger partial charge is 0.290 e. The van der Waals surface area contributed by atoms with E-state index in [1.807, 2.05) is 55.5 Å². The zero-order valence-electron chi connectivity index (χ0n) is 14.2. The van der Waals surface area contributed by atoms with E-state index in [2.05, 4.69) is 10.5 Å². The van der Waals surface area contributed by atoms with Gasteiger partial charge in [0, 0.05) is 28.1 Å². The number of aromatic nitrogens is 1. The van der Waals surface area contributed by atoms with Crippen LogP contribution >= 0.6 is 23.2 Å². The molecule has 1 N–H and O–H groups in total. The fourth-order valence-corrected chi connectivity index (χ4v) is 3.13. The van der Waals surface area contributed by atoms with Crippen molar-refractivity contribution in [2.24, 2.45) is 0 Å². The predicted octanol–water partition coefficient (Wildman–Crippen LogP) is 5.13. The van der Waals surface area contributed by atoms with Crippen LogP contribution in [-0.2, 0) is 6.42 Å². The Hall–Kier alpha value is -2.30. The molecule has 3 aromatic rings. The van der Waals surface area contributed by atoms with Gasteiger partial charge in [0.2, 0.25) is 5.76 Å². The summed E-state index contributed by atoms with van der Waals surface area (Å²) < 4.78 is 4.93. The van der Waals surface area contributed by atoms with Gasteiger partial charge < -0.3 is 9.84 Å². The van der Waals surface area contributed by atoms with Crippen LogP contribution in [0.3, 0.4) is 0 Å². The Morgan fingerprint density at radius 3 is 2.23 bits per heavy atom. The molecule has 6 heteroatoms. The Morgan fingerprint density at radius 1 is 1.04 bits per heavy atom. The highest BCUT2D eigenvalue weighted by molar-refractivity contribution is 6.30. The number of nitrogens with one attached hydrogen (secondary N) is 1. The number of carbonyl (C=O) groups is 1. The van der Waals surface area contributed by atoms with E-state index in [0.29, 0.717) is 10.0 Å². The molecule has 0 bridgehead atoms. The SMILES string of the molecule is C[C@@H](NC(=O)c1ccno1)[C@H](Cc1ccc(Cl)cc1)c1ccc(Cl)cc1. The number of carbonyl (C=O) groups excluding carboxylic acids is 1. The lowest BCUT2D eigenvalue weighted by atomic mass is 9.86. The van der Waals surface area contributed by atoms with Gasteiger partial charge in [-0.25, -0.2) is 0 Å². The zero-order valence-corrected chi connectivity index (χ0v) is 15.7. The van der Waals surface area contributed by atoms with Crippen molar-refractivity contribution in [2.75, 3.05) is 0 Å². The van der Waals surface area contributed by atoms with Gasteiger partial charge in [-0.3, -0.25) is 4.79 Å². The molecule has 3 rings (SSSR count). The number of rotatable bonds is 6. The van der Waals surface area contributed by atoms with Crippen LogP contribution in [0.5, 0.6) is 0 Å². The molecule has 0 fully saturated rings. The summed E-state index contributed by atoms with van der Waals surface area (Å²) in [7, 11) is 0. The fourth-order valence-electron chi connectivity index (χ4n) is 2.88. The number of hydrogen-bond acceptors (Lipinski definition) is 3. The van der Waals surface area contributed by atoms with E-state index in [1.54, 1.807) is 6.07 Å². The molecule has 0 aliphatic heterocycles. The number of nitrogens with zero attached hydrogens (tertiary/aromatic N) is 1. The number of benzene rings is 2. The normalized spacial score (nSPS) is 13.2. The quantitative estimate of drug-likeness (QED) is 0.636. The van der Waals surface area contributed by atoms with Gasteiger partial charge in [0.05, 0.1) is 6.20 Å². The molecule has 0 saturated carbocycles. The number of amides is 1. The molecular weight excluding hydrogens is 371 g/mol. The monoisotopic (exact) mass is 388 g/mol. The minimum absolute atomic E-state index is 0.0558. The lowest BCUT2D eigenvalue weighted by Gasteiger charge is -2.25. The average molecular weight is 389 g/mol. The van der Waals surface area contributed by atoms with Crippen LogP contribution in [0, 0.1) is 0 Å². The zero-order chi connectivity index (χ0) is 18.5. The highest BCUT2D eigenvalue weighted by Crippen LogP contribution is 2.27. The topological polar surface area (TPSA) is 55.1 Å². The summed E-state index contributed by atoms with van der Waals surface area (Å²) in [5.74, 6) is -0.0383. The van der Waals surface area contributed by atoms with Crippen molar-refractivity contribution in [1.29, 1.82) is 0 Å². The molecule has 134 valence electrons. The molecular formula is C20H18Cl2N2O2. The first-order valence-corrected chi connectivity index (χ1v) is 9.00. The van der Waals surface area contributed by atoms with Gasteiger partial charge in [0.15, 0.2) is 0 Å². The average Bonchev–Trinajstić information content (AvgIpc) is 3.17. The summed E-state index contributed by atoms with van der Waals surface area (Å²) in [5.41, 5.74) is 2.23. The Labute approximate surface area is 162 Å². The van der Waals surface area contributed by atoms with Crippen LogP contribution in [0.15, 0.2) is 65.3 Å². The molecule has 0 spiro atoms. The van der Waals surface area contributed by atoms with E-state index in [1.165, 1.54) is 6.20 Å². The van der Waals surface area contributed by atoms with E-state index in [4.69, 9.17) is 27.7 Å². The summed E-state index contributed by atoms with van der Waals surface area (Å²) in [5, 5.41) is 7.95. The van der Waals surface area contributed by atoms with Crippen LogP contribution in [0.25, 0.3) is 0 Å². The molecule has 0 radical (unpaired) electrons. The second-order valence-electron chi connectivity index (χ2n) is 6.13. The molecule has 1 amide bonds. The first-order chi connectivity index (χ1) is 12.5. The second-order valence-corrected chi connectivity index (χ2v) is 7.00. The first kappa shape index (κ1) is 18.5. The summed E-state index contributed by atoms with van der Waals surface area (Å²) in [6, 6.07) is 16.8. The molecule has 1 heterocycles. The summed E-state index contributed by atoms with van der Waals surface area (Å²) >= 11 is 12.0. The van der Waals surface area contributed by atoms with Crippen LogP contribution in [0.1, 0.15) is 34.5 Å². The molecule has 0 saturated heterocycles. The van der Waals surface area contributed by atoms with E-state index in [-0.39, 0.29) is 23.6 Å². The van der Waals surface area contributed by atoms with E-state index < -0.39 is 0 Å². The van der Waals surface area contributed by atoms with Crippen molar-refractivity contribution in [3.05, 3.63) is 87.7 Å². The van der Waals surface area contributed by atoms with Gasteiger partial charge >= 0.3 is 0 Å². The second kappa shape index (κ2) is 8.39. The highest BCUT2D eigenvalue weighted by Gasteiger charge is 2.23. The number of halogens is 2. The molecule has 2 atom stereocenters. The van der Waals surface area contributed by atoms with Gasteiger partial charge in [-0.15, -0.1) is 0 Å². The molecule has 26 heavy (non-hydrogen) atoms. The van der Waals surface area contributed by atoms with Gasteiger partial charge in [0.1, 0.15) is 0 Å². The van der Waals surface area contributed by atoms with Crippen molar-refractivity contribution >= 4 is 29.1 Å². The Bertz CT molecular complexity index is 847. The van der Waals surface area contributed by atoms with Gasteiger partial charge in [-0.2, -0.15) is 0 Å². The largest absolute Gasteiger partial charge is 0.351 e. The summed E-state index contributed by atoms with van der Waals surface area (Å²) in [6.07, 6.45) is 2.20. The molecule has 0 aliphatic rings. The third kappa shape index (κ3) is 4.65. The van der Waals surface area contributed by atoms with Crippen molar-refractivity contribution in [3.63, 3.8) is 0 Å². The Morgan fingerprint density at radius 2 is 1.65 bits per heavy atom. The minimum Gasteiger partial charge on any atom is -0.351 e. The Kier molecular flexibility index (Phi) is 5.96. The standard InChI is InChI=1S/C20H18Cl2N2O2/c1-13(24-20(25)19-10-11-23-26-19)18(15-4-8-17(22)9-5-15)12-14-2-6-16(21)7-3-14/h2-11,13,18H,12H2,1H3,(H,24,25)/t13-,18+/m1/s1. The molecule has 0 aliphatic carbocycles. The summed E-state index contributed by atoms with van der Waals surface area (Å²) in [6.45, 7) is 1.98. The van der Waals surface area contributed by atoms with Crippen molar-refractivity contribution in [2.45, 2.75) is 25.3 Å². The lowest BCUT2D eigenvalue weighted by molar-refractivity contribution is 0.0897. The molecule has 1 aromatic heterocycles. The molecule has 2 aromatic carbocycles. The third-order valence-corrected chi connectivity index (χ3v) is 4.79. The molecule has 0 unspecified atom stereocenters. The van der Waals surface area contributed by atoms with Crippen LogP contribution < -0.4 is 5.32 Å². The third-order valence-electron chi connectivity index (χ3n) is 4.29. The van der Waals surface area contributed by atoms with Crippen molar-refractivity contribution in [3.8, 4) is 0 Å². The summed E-state index contributed by atoms with van der Waals surface area (Å²) in [4.78, 5) is 12.3. The van der Waals surface area contributed by atoms with Gasteiger partial charge in [-0.05, 0) is 48.7 Å². The van der Waals surface area contributed by atoms with Gasteiger partial charge in [0.25, 0.3) is 5.91 Å². The first-order valence-electron chi connectivity index (χ1n) is 8.24. The van der Waals surface area contributed by atoms with E-state index >= 15 is 0 Å². The van der Waals surface area contributed by atoms with Crippen molar-refractivity contribution in [1.82, 2.24) is 10.5 Å². The maximum absolute atomic E-state index is 12.3. The van der Waals surface area contributed by atoms with Crippen LogP contribution in [0.2, 0.25) is 10.0 Å². The van der Waals surface area contributed by atoms with Crippen LogP contribution in [0.4, 0.5) is 0 Å². The maximum atomic E-state index is 12.3. The van der Waals surface area contributed by atoms with E-state index in [9.17, 15) is 4.79 Å². The maximum Gasteiger partial charge on any atom is 0.290 e. The van der Waals surface area contributed by atoms with Crippen molar-refractivity contribution < 1.29 is 9.32 Å².